The molecule has 0 aromatic carbocycles. The summed E-state index contributed by atoms with van der Waals surface area (Å²) in [6, 6.07) is 2.69. The summed E-state index contributed by atoms with van der Waals surface area (Å²) in [7, 11) is 0. The van der Waals surface area contributed by atoms with E-state index in [2.05, 4.69) is 11.0 Å². The average Bonchev–Trinajstić information content (AvgIpc) is 3.15. The minimum Gasteiger partial charge on any atom is -0.381 e. The SMILES string of the molecule is N#CC1(C(=O)N2CC[C@@]3(CCCN(C4CCCCC4)C3=O)C2)CCOCC1. The lowest BCUT2D eigenvalue weighted by Crippen LogP contribution is -2.55. The fraction of sp³-hybridized carbons (Fsp3) is 0.857. The first kappa shape index (κ1) is 18.7. The molecule has 6 nitrogen and oxygen atoms in total. The number of carbonyl (C=O) groups is 2. The molecule has 0 unspecified atom stereocenters. The van der Waals surface area contributed by atoms with E-state index in [-0.39, 0.29) is 11.8 Å². The van der Waals surface area contributed by atoms with Gasteiger partial charge in [-0.2, -0.15) is 5.26 Å². The van der Waals surface area contributed by atoms with Gasteiger partial charge in [-0.05, 0) is 44.9 Å². The number of carbonyl (C=O) groups excluding carboxylic acids is 2. The van der Waals surface area contributed by atoms with E-state index >= 15 is 0 Å². The highest BCUT2D eigenvalue weighted by Crippen LogP contribution is 2.44. The van der Waals surface area contributed by atoms with Crippen molar-refractivity contribution in [1.29, 1.82) is 5.26 Å². The maximum Gasteiger partial charge on any atom is 0.243 e. The van der Waals surface area contributed by atoms with Crippen LogP contribution in [0.2, 0.25) is 0 Å². The predicted octanol–water partition coefficient (Wildman–Crippen LogP) is 2.48. The summed E-state index contributed by atoms with van der Waals surface area (Å²) < 4.78 is 5.36. The van der Waals surface area contributed by atoms with Crippen LogP contribution in [-0.4, -0.2) is 60.5 Å². The van der Waals surface area contributed by atoms with Gasteiger partial charge in [-0.1, -0.05) is 19.3 Å². The quantitative estimate of drug-likeness (QED) is 0.745. The summed E-state index contributed by atoms with van der Waals surface area (Å²) in [5.41, 5.74) is -1.36. The summed E-state index contributed by atoms with van der Waals surface area (Å²) in [4.78, 5) is 30.6. The molecule has 3 saturated heterocycles. The van der Waals surface area contributed by atoms with Crippen molar-refractivity contribution in [2.24, 2.45) is 10.8 Å². The molecule has 0 radical (unpaired) electrons. The number of likely N-dealkylation sites (tertiary alicyclic amines) is 2. The van der Waals surface area contributed by atoms with Crippen molar-refractivity contribution in [3.05, 3.63) is 0 Å². The summed E-state index contributed by atoms with van der Waals surface area (Å²) in [5, 5.41) is 9.71. The molecule has 4 fully saturated rings. The average molecular weight is 373 g/mol. The summed E-state index contributed by atoms with van der Waals surface area (Å²) in [6.45, 7) is 2.91. The van der Waals surface area contributed by atoms with Crippen LogP contribution in [0.5, 0.6) is 0 Å². The lowest BCUT2D eigenvalue weighted by atomic mass is 9.76. The van der Waals surface area contributed by atoms with Crippen molar-refractivity contribution in [1.82, 2.24) is 9.80 Å². The molecule has 0 aromatic heterocycles. The minimum absolute atomic E-state index is 0.0761. The Balaban J connectivity index is 1.48. The van der Waals surface area contributed by atoms with Crippen molar-refractivity contribution in [3.63, 3.8) is 0 Å². The highest BCUT2D eigenvalue weighted by Gasteiger charge is 2.53. The molecule has 3 heterocycles. The molecule has 0 N–H and O–H groups in total. The van der Waals surface area contributed by atoms with Crippen molar-refractivity contribution in [3.8, 4) is 6.07 Å². The molecule has 3 aliphatic heterocycles. The molecule has 4 aliphatic rings. The minimum atomic E-state index is -0.954. The van der Waals surface area contributed by atoms with Crippen molar-refractivity contribution in [2.45, 2.75) is 70.3 Å². The van der Waals surface area contributed by atoms with E-state index in [1.54, 1.807) is 0 Å². The second-order valence-corrected chi connectivity index (χ2v) is 8.96. The largest absolute Gasteiger partial charge is 0.381 e. The number of hydrogen-bond donors (Lipinski definition) is 0. The van der Waals surface area contributed by atoms with E-state index in [1.165, 1.54) is 19.3 Å². The number of nitriles is 1. The van der Waals surface area contributed by atoms with Gasteiger partial charge in [0.1, 0.15) is 5.41 Å². The lowest BCUT2D eigenvalue weighted by Gasteiger charge is -2.44. The van der Waals surface area contributed by atoms with Crippen LogP contribution in [-0.2, 0) is 14.3 Å². The van der Waals surface area contributed by atoms with Gasteiger partial charge in [-0.3, -0.25) is 9.59 Å². The molecule has 6 heteroatoms. The second kappa shape index (κ2) is 7.43. The van der Waals surface area contributed by atoms with Crippen LogP contribution in [0.25, 0.3) is 0 Å². The zero-order chi connectivity index (χ0) is 18.9. The van der Waals surface area contributed by atoms with Crippen molar-refractivity contribution < 1.29 is 14.3 Å². The Bertz CT molecular complexity index is 631. The molecule has 2 amide bonds. The van der Waals surface area contributed by atoms with E-state index in [9.17, 15) is 14.9 Å². The third-order valence-corrected chi connectivity index (χ3v) is 7.40. The molecule has 0 bridgehead atoms. The first-order valence-electron chi connectivity index (χ1n) is 10.7. The van der Waals surface area contributed by atoms with Gasteiger partial charge in [-0.25, -0.2) is 0 Å². The van der Waals surface area contributed by atoms with E-state index in [4.69, 9.17) is 4.74 Å². The zero-order valence-electron chi connectivity index (χ0n) is 16.3. The topological polar surface area (TPSA) is 73.6 Å². The van der Waals surface area contributed by atoms with Crippen LogP contribution in [0.15, 0.2) is 0 Å². The normalized spacial score (nSPS) is 31.9. The molecule has 1 spiro atoms. The van der Waals surface area contributed by atoms with E-state index < -0.39 is 10.8 Å². The molecule has 0 aromatic rings. The fourth-order valence-corrected chi connectivity index (χ4v) is 5.66. The molecule has 27 heavy (non-hydrogen) atoms. The Morgan fingerprint density at radius 1 is 1.04 bits per heavy atom. The summed E-state index contributed by atoms with van der Waals surface area (Å²) in [5.74, 6) is 0.196. The van der Waals surface area contributed by atoms with Crippen molar-refractivity contribution >= 4 is 11.8 Å². The van der Waals surface area contributed by atoms with Crippen LogP contribution >= 0.6 is 0 Å². The summed E-state index contributed by atoms with van der Waals surface area (Å²) >= 11 is 0. The van der Waals surface area contributed by atoms with Gasteiger partial charge in [0.2, 0.25) is 11.8 Å². The molecule has 4 rings (SSSR count). The maximum absolute atomic E-state index is 13.4. The van der Waals surface area contributed by atoms with Crippen LogP contribution in [0.1, 0.15) is 64.2 Å². The number of ether oxygens (including phenoxy) is 1. The van der Waals surface area contributed by atoms with Crippen LogP contribution in [0, 0.1) is 22.2 Å². The van der Waals surface area contributed by atoms with Gasteiger partial charge < -0.3 is 14.5 Å². The first-order valence-corrected chi connectivity index (χ1v) is 10.7. The monoisotopic (exact) mass is 373 g/mol. The van der Waals surface area contributed by atoms with Crippen LogP contribution in [0.4, 0.5) is 0 Å². The molecular formula is C21H31N3O3. The second-order valence-electron chi connectivity index (χ2n) is 8.96. The Morgan fingerprint density at radius 3 is 2.48 bits per heavy atom. The number of hydrogen-bond acceptors (Lipinski definition) is 4. The molecule has 1 atom stereocenters. The van der Waals surface area contributed by atoms with E-state index in [0.29, 0.717) is 45.2 Å². The van der Waals surface area contributed by atoms with Crippen molar-refractivity contribution in [2.75, 3.05) is 32.8 Å². The van der Waals surface area contributed by atoms with E-state index in [1.807, 2.05) is 4.90 Å². The highest BCUT2D eigenvalue weighted by atomic mass is 16.5. The Kier molecular flexibility index (Phi) is 5.15. The van der Waals surface area contributed by atoms with Gasteiger partial charge in [0.15, 0.2) is 0 Å². The van der Waals surface area contributed by atoms with Gasteiger partial charge in [-0.15, -0.1) is 0 Å². The highest BCUT2D eigenvalue weighted by molar-refractivity contribution is 5.89. The zero-order valence-corrected chi connectivity index (χ0v) is 16.3. The van der Waals surface area contributed by atoms with Gasteiger partial charge in [0.05, 0.1) is 11.5 Å². The Labute approximate surface area is 161 Å². The fourth-order valence-electron chi connectivity index (χ4n) is 5.66. The molecule has 148 valence electrons. The van der Waals surface area contributed by atoms with Crippen LogP contribution < -0.4 is 0 Å². The smallest absolute Gasteiger partial charge is 0.243 e. The number of piperidine rings is 1. The summed E-state index contributed by atoms with van der Waals surface area (Å²) in [6.07, 6.45) is 9.57. The molecule has 1 saturated carbocycles. The third-order valence-electron chi connectivity index (χ3n) is 7.40. The standard InChI is InChI=1S/C21H31N3O3/c22-15-20(9-13-27-14-10-20)18(25)23-12-8-21(16-23)7-4-11-24(19(21)26)17-5-2-1-3-6-17/h17H,1-14,16H2/t21-/m0/s1. The predicted molar refractivity (Wildman–Crippen MR) is 99.5 cm³/mol. The van der Waals surface area contributed by atoms with Gasteiger partial charge >= 0.3 is 0 Å². The number of nitrogens with zero attached hydrogens (tertiary/aromatic N) is 3. The van der Waals surface area contributed by atoms with E-state index in [0.717, 1.165) is 38.6 Å². The van der Waals surface area contributed by atoms with Gasteiger partial charge in [0, 0.05) is 38.9 Å². The number of amides is 2. The van der Waals surface area contributed by atoms with Crippen LogP contribution in [0.3, 0.4) is 0 Å². The lowest BCUT2D eigenvalue weighted by molar-refractivity contribution is -0.150. The molecular weight excluding hydrogens is 342 g/mol. The Hall–Kier alpha value is -1.61. The maximum atomic E-state index is 13.4. The Morgan fingerprint density at radius 2 is 1.78 bits per heavy atom. The molecule has 1 aliphatic carbocycles. The first-order chi connectivity index (χ1) is 13.1. The third kappa shape index (κ3) is 3.24. The van der Waals surface area contributed by atoms with Gasteiger partial charge in [0.25, 0.3) is 0 Å². The number of rotatable bonds is 2.